The van der Waals surface area contributed by atoms with E-state index in [4.69, 9.17) is 9.84 Å². The Labute approximate surface area is 220 Å². The maximum absolute atomic E-state index is 13.4. The van der Waals surface area contributed by atoms with Crippen molar-refractivity contribution in [1.82, 2.24) is 5.01 Å². The van der Waals surface area contributed by atoms with E-state index in [0.29, 0.717) is 6.42 Å². The number of amides is 2. The first-order valence-electron chi connectivity index (χ1n) is 12.0. The quantitative estimate of drug-likeness (QED) is 0.298. The summed E-state index contributed by atoms with van der Waals surface area (Å²) in [5, 5.41) is 11.5. The summed E-state index contributed by atoms with van der Waals surface area (Å²) >= 11 is 1.45. The van der Waals surface area contributed by atoms with Gasteiger partial charge < -0.3 is 10.1 Å². The third-order valence-electron chi connectivity index (χ3n) is 6.29. The number of nitrogens with one attached hydrogen (secondary N) is 1. The van der Waals surface area contributed by atoms with Gasteiger partial charge in [0.1, 0.15) is 5.75 Å². The summed E-state index contributed by atoms with van der Waals surface area (Å²) < 4.78 is 5.32. The lowest BCUT2D eigenvalue weighted by molar-refractivity contribution is -0.130. The van der Waals surface area contributed by atoms with Crippen molar-refractivity contribution in [2.75, 3.05) is 18.2 Å². The van der Waals surface area contributed by atoms with Gasteiger partial charge in [0.05, 0.1) is 24.6 Å². The molecule has 0 saturated heterocycles. The molecule has 0 fully saturated rings. The monoisotopic (exact) mass is 509 g/mol. The zero-order valence-electron chi connectivity index (χ0n) is 20.7. The van der Waals surface area contributed by atoms with E-state index in [1.165, 1.54) is 24.1 Å². The molecule has 6 nitrogen and oxygen atoms in total. The zero-order chi connectivity index (χ0) is 25.8. The molecule has 4 aromatic rings. The van der Waals surface area contributed by atoms with Gasteiger partial charge >= 0.3 is 0 Å². The topological polar surface area (TPSA) is 71.0 Å². The van der Waals surface area contributed by atoms with Gasteiger partial charge in [-0.2, -0.15) is 5.10 Å². The van der Waals surface area contributed by atoms with E-state index in [1.807, 2.05) is 60.7 Å². The number of hydrogen-bond acceptors (Lipinski definition) is 5. The van der Waals surface area contributed by atoms with E-state index in [-0.39, 0.29) is 23.6 Å². The number of hydrogen-bond donors (Lipinski definition) is 1. The number of thioether (sulfide) groups is 1. The van der Waals surface area contributed by atoms with Crippen LogP contribution in [0, 0.1) is 0 Å². The first-order valence-corrected chi connectivity index (χ1v) is 13.0. The van der Waals surface area contributed by atoms with E-state index in [2.05, 4.69) is 35.6 Å². The lowest BCUT2D eigenvalue weighted by Crippen LogP contribution is -2.28. The molecule has 1 unspecified atom stereocenters. The minimum absolute atomic E-state index is 0.0625. The number of benzene rings is 4. The number of rotatable bonds is 7. The number of ether oxygens (including phenoxy) is 1. The molecule has 0 radical (unpaired) electrons. The molecule has 1 N–H and O–H groups in total. The van der Waals surface area contributed by atoms with Gasteiger partial charge in [-0.3, -0.25) is 9.59 Å². The summed E-state index contributed by atoms with van der Waals surface area (Å²) in [5.41, 5.74) is 3.66. The Morgan fingerprint density at radius 1 is 0.973 bits per heavy atom. The lowest BCUT2D eigenvalue weighted by atomic mass is 9.97. The summed E-state index contributed by atoms with van der Waals surface area (Å²) in [6.07, 6.45) is 0.631. The predicted molar refractivity (Wildman–Crippen MR) is 149 cm³/mol. The molecule has 0 spiro atoms. The highest BCUT2D eigenvalue weighted by molar-refractivity contribution is 8.00. The third-order valence-corrected chi connectivity index (χ3v) is 7.28. The molecular formula is C30H27N3O3S. The second kappa shape index (κ2) is 10.9. The predicted octanol–water partition coefficient (Wildman–Crippen LogP) is 6.28. The van der Waals surface area contributed by atoms with Crippen LogP contribution in [0.25, 0.3) is 10.8 Å². The second-order valence-corrected chi connectivity index (χ2v) is 9.88. The maximum Gasteiger partial charge on any atom is 0.253 e. The van der Waals surface area contributed by atoms with Crippen molar-refractivity contribution in [3.63, 3.8) is 0 Å². The van der Waals surface area contributed by atoms with Crippen LogP contribution < -0.4 is 10.1 Å². The lowest BCUT2D eigenvalue weighted by Gasteiger charge is -2.22. The average Bonchev–Trinajstić information content (AvgIpc) is 3.38. The number of hydrazone groups is 1. The molecule has 1 aliphatic rings. The van der Waals surface area contributed by atoms with Gasteiger partial charge in [-0.15, -0.1) is 11.8 Å². The van der Waals surface area contributed by atoms with Gasteiger partial charge in [-0.05, 0) is 64.4 Å². The van der Waals surface area contributed by atoms with E-state index in [9.17, 15) is 9.59 Å². The molecule has 2 amide bonds. The third kappa shape index (κ3) is 5.67. The van der Waals surface area contributed by atoms with Gasteiger partial charge in [0, 0.05) is 23.9 Å². The molecule has 1 heterocycles. The number of anilines is 1. The molecule has 37 heavy (non-hydrogen) atoms. The number of methoxy groups -OCH3 is 1. The molecule has 186 valence electrons. The van der Waals surface area contributed by atoms with Gasteiger partial charge in [-0.1, -0.05) is 48.5 Å². The molecule has 0 aliphatic carbocycles. The fraction of sp³-hybridized carbons (Fsp3) is 0.167. The fourth-order valence-corrected chi connectivity index (χ4v) is 5.17. The number of carbonyl (C=O) groups excluding carboxylic acids is 2. The van der Waals surface area contributed by atoms with Crippen molar-refractivity contribution >= 4 is 45.7 Å². The minimum atomic E-state index is -0.192. The van der Waals surface area contributed by atoms with Crippen molar-refractivity contribution in [3.05, 3.63) is 102 Å². The maximum atomic E-state index is 13.4. The first-order chi connectivity index (χ1) is 18.0. The largest absolute Gasteiger partial charge is 0.497 e. The average molecular weight is 510 g/mol. The highest BCUT2D eigenvalue weighted by Crippen LogP contribution is 2.35. The summed E-state index contributed by atoms with van der Waals surface area (Å²) in [5.74, 6) is 0.844. The Kier molecular flexibility index (Phi) is 7.23. The van der Waals surface area contributed by atoms with Gasteiger partial charge in [0.2, 0.25) is 5.91 Å². The van der Waals surface area contributed by atoms with Gasteiger partial charge in [0.25, 0.3) is 5.91 Å². The van der Waals surface area contributed by atoms with E-state index < -0.39 is 0 Å². The Morgan fingerprint density at radius 2 is 1.70 bits per heavy atom. The van der Waals surface area contributed by atoms with Crippen molar-refractivity contribution in [1.29, 1.82) is 0 Å². The molecule has 7 heteroatoms. The highest BCUT2D eigenvalue weighted by Gasteiger charge is 2.33. The van der Waals surface area contributed by atoms with Crippen LogP contribution in [-0.4, -0.2) is 35.4 Å². The first kappa shape index (κ1) is 24.6. The molecule has 0 bridgehead atoms. The van der Waals surface area contributed by atoms with Gasteiger partial charge in [0.15, 0.2) is 0 Å². The summed E-state index contributed by atoms with van der Waals surface area (Å²) in [4.78, 5) is 25.6. The van der Waals surface area contributed by atoms with Crippen LogP contribution in [0.15, 0.2) is 101 Å². The van der Waals surface area contributed by atoms with Crippen LogP contribution in [0.3, 0.4) is 0 Å². The Bertz CT molecular complexity index is 1470. The zero-order valence-corrected chi connectivity index (χ0v) is 21.5. The number of carbonyl (C=O) groups is 2. The van der Waals surface area contributed by atoms with Crippen LogP contribution in [0.4, 0.5) is 5.69 Å². The standard InChI is InChI=1S/C30H27N3O3S/c1-20(34)31-25-11-15-27(16-12-25)37-19-30(35)33-29(22-9-13-26(36-2)14-10-22)18-28(32-33)24-8-7-21-5-3-4-6-23(21)17-24/h3-17,29H,18-19H2,1-2H3,(H,31,34). The van der Waals surface area contributed by atoms with E-state index >= 15 is 0 Å². The minimum Gasteiger partial charge on any atom is -0.497 e. The van der Waals surface area contributed by atoms with Crippen LogP contribution in [0.2, 0.25) is 0 Å². The second-order valence-electron chi connectivity index (χ2n) is 8.83. The van der Waals surface area contributed by atoms with E-state index in [1.54, 1.807) is 12.1 Å². The number of fused-ring (bicyclic) bond motifs is 1. The Morgan fingerprint density at radius 3 is 2.41 bits per heavy atom. The van der Waals surface area contributed by atoms with Gasteiger partial charge in [-0.25, -0.2) is 5.01 Å². The van der Waals surface area contributed by atoms with Crippen LogP contribution in [0.1, 0.15) is 30.5 Å². The van der Waals surface area contributed by atoms with Crippen molar-refractivity contribution in [2.24, 2.45) is 5.10 Å². The van der Waals surface area contributed by atoms with Crippen LogP contribution in [-0.2, 0) is 9.59 Å². The SMILES string of the molecule is COc1ccc(C2CC(c3ccc4ccccc4c3)=NN2C(=O)CSc2ccc(NC(C)=O)cc2)cc1. The summed E-state index contributed by atoms with van der Waals surface area (Å²) in [7, 11) is 1.64. The molecule has 0 saturated carbocycles. The normalized spacial score (nSPS) is 14.9. The summed E-state index contributed by atoms with van der Waals surface area (Å²) in [6, 6.07) is 29.6. The Balaban J connectivity index is 1.38. The van der Waals surface area contributed by atoms with E-state index in [0.717, 1.165) is 38.6 Å². The number of nitrogens with zero attached hydrogens (tertiary/aromatic N) is 2. The van der Waals surface area contributed by atoms with Crippen molar-refractivity contribution in [3.8, 4) is 5.75 Å². The Hall–Kier alpha value is -4.10. The molecular weight excluding hydrogens is 482 g/mol. The highest BCUT2D eigenvalue weighted by atomic mass is 32.2. The molecule has 5 rings (SSSR count). The van der Waals surface area contributed by atoms with Crippen LogP contribution in [0.5, 0.6) is 5.75 Å². The molecule has 4 aromatic carbocycles. The fourth-order valence-electron chi connectivity index (χ4n) is 4.42. The molecule has 1 atom stereocenters. The van der Waals surface area contributed by atoms with Crippen molar-refractivity contribution in [2.45, 2.75) is 24.3 Å². The summed E-state index contributed by atoms with van der Waals surface area (Å²) in [6.45, 7) is 1.48. The van der Waals surface area contributed by atoms with Crippen LogP contribution >= 0.6 is 11.8 Å². The van der Waals surface area contributed by atoms with Crippen molar-refractivity contribution < 1.29 is 14.3 Å². The molecule has 0 aromatic heterocycles. The smallest absolute Gasteiger partial charge is 0.253 e. The molecule has 1 aliphatic heterocycles.